The molecule has 0 amide bonds. The second-order valence-electron chi connectivity index (χ2n) is 15.8. The maximum Gasteiger partial charge on any atom is 0.0991 e. The van der Waals surface area contributed by atoms with Crippen molar-refractivity contribution in [3.8, 4) is 12.1 Å². The molecule has 2 saturated carbocycles. The highest BCUT2D eigenvalue weighted by atomic mass is 16.5. The van der Waals surface area contributed by atoms with Gasteiger partial charge in [0.2, 0.25) is 0 Å². The topological polar surface area (TPSA) is 56.8 Å². The molecule has 0 saturated heterocycles. The number of hydrogen-bond donors (Lipinski definition) is 0. The van der Waals surface area contributed by atoms with E-state index in [9.17, 15) is 10.5 Å². The molecule has 2 aliphatic carbocycles. The molecule has 0 aliphatic heterocycles. The number of benzene rings is 2. The highest BCUT2D eigenvalue weighted by Crippen LogP contribution is 2.41. The average Bonchev–Trinajstić information content (AvgIpc) is 3.18. The Hall–Kier alpha value is -3.14. The van der Waals surface area contributed by atoms with Crippen LogP contribution < -0.4 is 0 Å². The molecular formula is C48H68N2O. The molecular weight excluding hydrogens is 621 g/mol. The smallest absolute Gasteiger partial charge is 0.0991 e. The molecule has 0 atom stereocenters. The van der Waals surface area contributed by atoms with E-state index in [0.29, 0.717) is 36.2 Å². The second-order valence-corrected chi connectivity index (χ2v) is 15.8. The predicted octanol–water partition coefficient (Wildman–Crippen LogP) is 14.0. The van der Waals surface area contributed by atoms with E-state index in [1.807, 2.05) is 24.3 Å². The van der Waals surface area contributed by atoms with Crippen molar-refractivity contribution in [3.05, 3.63) is 82.9 Å². The van der Waals surface area contributed by atoms with E-state index in [2.05, 4.69) is 62.4 Å². The van der Waals surface area contributed by atoms with Gasteiger partial charge in [-0.3, -0.25) is 0 Å². The number of nitriles is 2. The van der Waals surface area contributed by atoms with Crippen LogP contribution in [0.2, 0.25) is 0 Å². The Morgan fingerprint density at radius 2 is 0.882 bits per heavy atom. The zero-order chi connectivity index (χ0) is 35.9. The van der Waals surface area contributed by atoms with Gasteiger partial charge in [-0.2, -0.15) is 10.5 Å². The Morgan fingerprint density at radius 3 is 1.24 bits per heavy atom. The summed E-state index contributed by atoms with van der Waals surface area (Å²) < 4.78 is 6.38. The van der Waals surface area contributed by atoms with Gasteiger partial charge in [-0.15, -0.1) is 0 Å². The van der Waals surface area contributed by atoms with E-state index >= 15 is 0 Å². The molecule has 2 aliphatic rings. The van der Waals surface area contributed by atoms with Gasteiger partial charge in [0.25, 0.3) is 0 Å². The third-order valence-corrected chi connectivity index (χ3v) is 12.0. The first-order valence-corrected chi connectivity index (χ1v) is 21.1. The van der Waals surface area contributed by atoms with Gasteiger partial charge in [-0.25, -0.2) is 0 Å². The normalized spacial score (nSPS) is 21.3. The van der Waals surface area contributed by atoms with Crippen molar-refractivity contribution < 1.29 is 4.74 Å². The standard InChI is InChI=1S/C48H68N2O/c1-3-5-7-9-11-13-15-39-17-25-43(26-18-39)47(45-29-21-41(37-49)22-30-45)33-35-51-36-34-48(46-31-23-42(38-50)24-32-46)44-27-19-40(20-28-44)16-14-12-10-8-6-4-2/h21-24,29-34,39-40,43-44H,3-20,25-28,35-36H2,1-2H3/t39-,40-,43-,44-. The largest absolute Gasteiger partial charge is 0.373 e. The van der Waals surface area contributed by atoms with Crippen LogP contribution in [0, 0.1) is 46.3 Å². The lowest BCUT2D eigenvalue weighted by atomic mass is 9.75. The Kier molecular flexibility index (Phi) is 19.3. The first kappa shape index (κ1) is 40.6. The minimum Gasteiger partial charge on any atom is -0.373 e. The number of rotatable bonds is 22. The van der Waals surface area contributed by atoms with E-state index in [0.717, 1.165) is 11.8 Å². The zero-order valence-corrected chi connectivity index (χ0v) is 32.4. The van der Waals surface area contributed by atoms with Crippen molar-refractivity contribution in [1.82, 2.24) is 0 Å². The maximum absolute atomic E-state index is 9.40. The Bertz CT molecular complexity index is 1270. The number of hydrogen-bond acceptors (Lipinski definition) is 3. The van der Waals surface area contributed by atoms with Crippen molar-refractivity contribution >= 4 is 11.1 Å². The lowest BCUT2D eigenvalue weighted by molar-refractivity contribution is 0.193. The Balaban J connectivity index is 1.35. The van der Waals surface area contributed by atoms with Crippen LogP contribution in [0.1, 0.15) is 177 Å². The maximum atomic E-state index is 9.40. The number of unbranched alkanes of at least 4 members (excludes halogenated alkanes) is 10. The molecule has 276 valence electrons. The van der Waals surface area contributed by atoms with Crippen LogP contribution in [0.4, 0.5) is 0 Å². The summed E-state index contributed by atoms with van der Waals surface area (Å²) in [6.45, 7) is 5.77. The van der Waals surface area contributed by atoms with Crippen molar-refractivity contribution in [1.29, 1.82) is 10.5 Å². The molecule has 0 spiro atoms. The summed E-state index contributed by atoms with van der Waals surface area (Å²) in [7, 11) is 0. The van der Waals surface area contributed by atoms with E-state index < -0.39 is 0 Å². The fourth-order valence-corrected chi connectivity index (χ4v) is 8.83. The monoisotopic (exact) mass is 689 g/mol. The minimum atomic E-state index is 0.554. The summed E-state index contributed by atoms with van der Waals surface area (Å²) in [6.07, 6.45) is 34.3. The average molecular weight is 689 g/mol. The van der Waals surface area contributed by atoms with E-state index in [4.69, 9.17) is 4.74 Å². The quantitative estimate of drug-likeness (QED) is 0.116. The molecule has 2 aromatic carbocycles. The van der Waals surface area contributed by atoms with Crippen LogP contribution in [-0.2, 0) is 4.74 Å². The Labute approximate surface area is 312 Å². The molecule has 0 heterocycles. The van der Waals surface area contributed by atoms with Crippen LogP contribution in [0.3, 0.4) is 0 Å². The summed E-state index contributed by atoms with van der Waals surface area (Å²) in [5, 5.41) is 18.8. The Morgan fingerprint density at radius 1 is 0.529 bits per heavy atom. The van der Waals surface area contributed by atoms with Gasteiger partial charge in [0.15, 0.2) is 0 Å². The zero-order valence-electron chi connectivity index (χ0n) is 32.4. The molecule has 0 aromatic heterocycles. The first-order chi connectivity index (χ1) is 25.1. The van der Waals surface area contributed by atoms with Gasteiger partial charge in [0, 0.05) is 0 Å². The SMILES string of the molecule is CCCCCCCC[C@H]1CC[C@H](C(=CCOCC=C(c2ccc(C#N)cc2)[C@H]2CC[C@H](CCCCCCCC)CC2)c2ccc(C#N)cc2)CC1. The highest BCUT2D eigenvalue weighted by molar-refractivity contribution is 5.69. The van der Waals surface area contributed by atoms with Gasteiger partial charge < -0.3 is 4.74 Å². The summed E-state index contributed by atoms with van der Waals surface area (Å²) in [4.78, 5) is 0. The molecule has 2 fully saturated rings. The molecule has 4 rings (SSSR count). The molecule has 0 radical (unpaired) electrons. The van der Waals surface area contributed by atoms with Crippen molar-refractivity contribution in [2.75, 3.05) is 13.2 Å². The van der Waals surface area contributed by atoms with E-state index in [-0.39, 0.29) is 0 Å². The van der Waals surface area contributed by atoms with Gasteiger partial charge >= 0.3 is 0 Å². The van der Waals surface area contributed by atoms with Crippen molar-refractivity contribution in [3.63, 3.8) is 0 Å². The lowest BCUT2D eigenvalue weighted by Crippen LogP contribution is -2.17. The van der Waals surface area contributed by atoms with E-state index in [1.54, 1.807) is 0 Å². The fraction of sp³-hybridized carbons (Fsp3) is 0.625. The summed E-state index contributed by atoms with van der Waals surface area (Å²) >= 11 is 0. The van der Waals surface area contributed by atoms with Gasteiger partial charge in [0.05, 0.1) is 36.5 Å². The van der Waals surface area contributed by atoms with E-state index in [1.165, 1.54) is 164 Å². The molecule has 0 N–H and O–H groups in total. The molecule has 51 heavy (non-hydrogen) atoms. The fourth-order valence-electron chi connectivity index (χ4n) is 8.83. The van der Waals surface area contributed by atoms with Crippen LogP contribution in [-0.4, -0.2) is 13.2 Å². The summed E-state index contributed by atoms with van der Waals surface area (Å²) in [5.41, 5.74) is 6.71. The summed E-state index contributed by atoms with van der Waals surface area (Å²) in [6, 6.07) is 21.0. The minimum absolute atomic E-state index is 0.554. The van der Waals surface area contributed by atoms with Crippen LogP contribution in [0.25, 0.3) is 11.1 Å². The number of nitrogens with zero attached hydrogens (tertiary/aromatic N) is 2. The number of ether oxygens (including phenoxy) is 1. The first-order valence-electron chi connectivity index (χ1n) is 21.1. The lowest BCUT2D eigenvalue weighted by Gasteiger charge is -2.31. The van der Waals surface area contributed by atoms with Gasteiger partial charge in [0.1, 0.15) is 0 Å². The van der Waals surface area contributed by atoms with Crippen LogP contribution in [0.15, 0.2) is 60.7 Å². The molecule has 0 unspecified atom stereocenters. The predicted molar refractivity (Wildman–Crippen MR) is 216 cm³/mol. The highest BCUT2D eigenvalue weighted by Gasteiger charge is 2.26. The van der Waals surface area contributed by atoms with Gasteiger partial charge in [-0.05, 0) is 122 Å². The van der Waals surface area contributed by atoms with Crippen molar-refractivity contribution in [2.24, 2.45) is 23.7 Å². The van der Waals surface area contributed by atoms with Crippen LogP contribution >= 0.6 is 0 Å². The molecule has 3 nitrogen and oxygen atoms in total. The van der Waals surface area contributed by atoms with Gasteiger partial charge in [-0.1, -0.05) is 140 Å². The molecule has 2 aromatic rings. The second kappa shape index (κ2) is 24.2. The van der Waals surface area contributed by atoms with Crippen LogP contribution in [0.5, 0.6) is 0 Å². The third-order valence-electron chi connectivity index (χ3n) is 12.0. The number of allylic oxidation sites excluding steroid dienone is 2. The molecule has 0 bridgehead atoms. The molecule has 3 heteroatoms. The van der Waals surface area contributed by atoms with Crippen molar-refractivity contribution in [2.45, 2.75) is 155 Å². The summed E-state index contributed by atoms with van der Waals surface area (Å²) in [5.74, 6) is 2.86. The third kappa shape index (κ3) is 14.4.